The van der Waals surface area contributed by atoms with Crippen molar-refractivity contribution in [3.63, 3.8) is 0 Å². The molecule has 2 unspecified atom stereocenters. The number of nitrogens with one attached hydrogen (secondary N) is 6. The normalized spacial score (nSPS) is 26.6. The monoisotopic (exact) mass is 828 g/mol. The van der Waals surface area contributed by atoms with Gasteiger partial charge in [0.15, 0.2) is 0 Å². The van der Waals surface area contributed by atoms with Gasteiger partial charge in [0.05, 0.1) is 12.9 Å². The molecule has 9 aliphatic heterocycles. The van der Waals surface area contributed by atoms with Gasteiger partial charge in [-0.05, 0) is 178 Å². The van der Waals surface area contributed by atoms with Gasteiger partial charge in [-0.25, -0.2) is 0 Å². The van der Waals surface area contributed by atoms with Gasteiger partial charge in [-0.2, -0.15) is 11.8 Å². The van der Waals surface area contributed by atoms with Crippen molar-refractivity contribution in [2.75, 3.05) is 122 Å². The molecule has 0 aromatic carbocycles. The number of ether oxygens (including phenoxy) is 2. The molecule has 0 radical (unpaired) electrons. The average Bonchev–Trinajstić information content (AvgIpc) is 4.13. The maximum atomic E-state index is 5.07. The van der Waals surface area contributed by atoms with Crippen LogP contribution in [-0.4, -0.2) is 128 Å². The van der Waals surface area contributed by atoms with E-state index in [1.165, 1.54) is 230 Å². The lowest BCUT2D eigenvalue weighted by molar-refractivity contribution is 0.0968. The number of thioether (sulfide) groups is 2. The summed E-state index contributed by atoms with van der Waals surface area (Å²) in [6, 6.07) is 0. The van der Waals surface area contributed by atoms with Crippen molar-refractivity contribution in [2.24, 2.45) is 16.8 Å². The van der Waals surface area contributed by atoms with Crippen molar-refractivity contribution in [3.8, 4) is 0 Å². The molecule has 2 aliphatic carbocycles. The predicted molar refractivity (Wildman–Crippen MR) is 250 cm³/mol. The molecule has 11 aliphatic rings. The lowest BCUT2D eigenvalue weighted by Gasteiger charge is -2.18. The molecule has 0 aromatic heterocycles. The molecule has 10 fully saturated rings. The third-order valence-electron chi connectivity index (χ3n) is 11.1. The zero-order valence-corrected chi connectivity index (χ0v) is 38.1. The largest absolute Gasteiger partial charge is 0.381 e. The van der Waals surface area contributed by atoms with Crippen LogP contribution < -0.4 is 31.9 Å². The van der Waals surface area contributed by atoms with E-state index < -0.39 is 0 Å². The van der Waals surface area contributed by atoms with Gasteiger partial charge in [-0.3, -0.25) is 4.99 Å². The van der Waals surface area contributed by atoms with Crippen LogP contribution in [0.4, 0.5) is 0 Å². The highest BCUT2D eigenvalue weighted by atomic mass is 32.2. The summed E-state index contributed by atoms with van der Waals surface area (Å²) in [7, 11) is 0. The van der Waals surface area contributed by atoms with Gasteiger partial charge in [0.25, 0.3) is 0 Å². The lowest BCUT2D eigenvalue weighted by Crippen LogP contribution is -2.30. The van der Waals surface area contributed by atoms with Crippen molar-refractivity contribution in [1.29, 1.82) is 0 Å². The summed E-state index contributed by atoms with van der Waals surface area (Å²) in [6.07, 6.45) is 34.4. The third-order valence-corrected chi connectivity index (χ3v) is 13.1. The Hall–Kier alpha value is -0.110. The Labute approximate surface area is 355 Å². The Morgan fingerprint density at radius 3 is 1.05 bits per heavy atom. The van der Waals surface area contributed by atoms with Crippen molar-refractivity contribution < 1.29 is 9.47 Å². The molecule has 8 saturated heterocycles. The van der Waals surface area contributed by atoms with Gasteiger partial charge < -0.3 is 41.4 Å². The van der Waals surface area contributed by atoms with Crippen molar-refractivity contribution >= 4 is 29.9 Å². The van der Waals surface area contributed by atoms with Crippen LogP contribution in [0.3, 0.4) is 0 Å². The molecule has 11 heteroatoms. The van der Waals surface area contributed by atoms with Crippen LogP contribution in [0.2, 0.25) is 0 Å². The topological polar surface area (TPSA) is 103 Å². The number of piperidine rings is 3. The van der Waals surface area contributed by atoms with Gasteiger partial charge in [0.2, 0.25) is 0 Å². The Kier molecular flexibility index (Phi) is 41.3. The SMILES string of the molecule is C1=NCCN1.C1CC2CNCC1C2.C1CCC1.C1CCNC1.C1CCNCC1.C1CCNCC1.C1CCOC1.C1CCOCC1.C1CCSCC1.C1CSCN1. The first-order chi connectivity index (χ1) is 27.9. The maximum Gasteiger partial charge on any atom is 0.0825 e. The van der Waals surface area contributed by atoms with Gasteiger partial charge in [-0.15, -0.1) is 11.8 Å². The molecule has 0 aromatic rings. The highest BCUT2D eigenvalue weighted by Gasteiger charge is 2.27. The van der Waals surface area contributed by atoms with Crippen LogP contribution in [-0.2, 0) is 9.47 Å². The highest BCUT2D eigenvalue weighted by molar-refractivity contribution is 7.99. The Balaban J connectivity index is 0.000000216. The summed E-state index contributed by atoms with van der Waals surface area (Å²) in [5, 5.41) is 19.4. The van der Waals surface area contributed by atoms with E-state index in [2.05, 4.69) is 48.7 Å². The molecule has 9 heterocycles. The third kappa shape index (κ3) is 38.1. The number of rotatable bonds is 0. The first-order valence-corrected chi connectivity index (χ1v) is 26.3. The second-order valence-corrected chi connectivity index (χ2v) is 18.7. The first kappa shape index (κ1) is 52.0. The van der Waals surface area contributed by atoms with Gasteiger partial charge in [0.1, 0.15) is 0 Å². The van der Waals surface area contributed by atoms with Crippen molar-refractivity contribution in [3.05, 3.63) is 0 Å². The minimum Gasteiger partial charge on any atom is -0.381 e. The minimum atomic E-state index is 0.958. The molecular formula is C45H93N7O2S2. The fourth-order valence-corrected chi connectivity index (χ4v) is 8.83. The van der Waals surface area contributed by atoms with E-state index in [0.717, 1.165) is 51.4 Å². The van der Waals surface area contributed by atoms with Gasteiger partial charge in [0, 0.05) is 51.1 Å². The van der Waals surface area contributed by atoms with E-state index in [9.17, 15) is 0 Å². The van der Waals surface area contributed by atoms with E-state index in [4.69, 9.17) is 9.47 Å². The van der Waals surface area contributed by atoms with Crippen LogP contribution in [0.15, 0.2) is 4.99 Å². The van der Waals surface area contributed by atoms with Crippen molar-refractivity contribution in [2.45, 2.75) is 148 Å². The van der Waals surface area contributed by atoms with Crippen molar-refractivity contribution in [1.82, 2.24) is 31.9 Å². The molecule has 6 N–H and O–H groups in total. The molecule has 2 atom stereocenters. The zero-order valence-electron chi connectivity index (χ0n) is 36.5. The summed E-state index contributed by atoms with van der Waals surface area (Å²) in [6.45, 7) is 17.3. The smallest absolute Gasteiger partial charge is 0.0825 e. The Bertz CT molecular complexity index is 607. The molecular weight excluding hydrogens is 735 g/mol. The zero-order chi connectivity index (χ0) is 39.3. The Morgan fingerprint density at radius 2 is 0.857 bits per heavy atom. The number of fused-ring (bicyclic) bond motifs is 2. The van der Waals surface area contributed by atoms with Crippen LogP contribution in [0, 0.1) is 11.8 Å². The first-order valence-electron chi connectivity index (χ1n) is 24.0. The van der Waals surface area contributed by atoms with E-state index in [-0.39, 0.29) is 0 Å². The summed E-state index contributed by atoms with van der Waals surface area (Å²) < 4.78 is 10.0. The van der Waals surface area contributed by atoms with Crippen LogP contribution in [0.1, 0.15) is 148 Å². The van der Waals surface area contributed by atoms with E-state index >= 15 is 0 Å². The summed E-state index contributed by atoms with van der Waals surface area (Å²) in [4.78, 5) is 3.85. The average molecular weight is 828 g/mol. The fraction of sp³-hybridized carbons (Fsp3) is 0.978. The number of nitrogens with zero attached hydrogens (tertiary/aromatic N) is 1. The van der Waals surface area contributed by atoms with Crippen LogP contribution in [0.5, 0.6) is 0 Å². The van der Waals surface area contributed by atoms with E-state index in [1.54, 1.807) is 6.34 Å². The molecule has 0 amide bonds. The van der Waals surface area contributed by atoms with Gasteiger partial charge in [-0.1, -0.05) is 44.9 Å². The fourth-order valence-electron chi connectivity index (χ4n) is 7.09. The number of hydrogen-bond donors (Lipinski definition) is 6. The summed E-state index contributed by atoms with van der Waals surface area (Å²) in [5.74, 6) is 7.41. The van der Waals surface area contributed by atoms with E-state index in [0.29, 0.717) is 0 Å². The summed E-state index contributed by atoms with van der Waals surface area (Å²) >= 11 is 4.06. The number of hydrogen-bond acceptors (Lipinski definition) is 11. The summed E-state index contributed by atoms with van der Waals surface area (Å²) in [5.41, 5.74) is 0. The molecule has 2 bridgehead atoms. The standard InChI is InChI=1S/C7H13N.2C5H11N.C5H10O.C5H10S.C4H9N.C4H8O.C4H8.C3H6N2.C3H7NS/c1-2-7-3-6(1)4-8-5-7;4*1-2-4-6-5-3-1;2*1-2-4-5-3-1;1-2-4-3-1;2*1-2-5-3-4-1/h6-8H,1-5H2;2*6H,1-5H2;2*1-5H2;5H,1-4H2;1-4H2;1-4H2;3H,1-2H2,(H,4,5);4H,1-3H2. The number of aliphatic imine (C=N–C) groups is 1. The van der Waals surface area contributed by atoms with E-state index in [1.807, 2.05) is 11.8 Å². The van der Waals surface area contributed by atoms with Crippen LogP contribution in [0.25, 0.3) is 0 Å². The molecule has 9 nitrogen and oxygen atoms in total. The molecule has 0 spiro atoms. The highest BCUT2D eigenvalue weighted by Crippen LogP contribution is 2.32. The molecule has 11 rings (SSSR count). The maximum absolute atomic E-state index is 5.07. The Morgan fingerprint density at radius 1 is 0.411 bits per heavy atom. The minimum absolute atomic E-state index is 0.958. The second-order valence-electron chi connectivity index (χ2n) is 16.4. The lowest BCUT2D eigenvalue weighted by atomic mass is 10.0. The quantitative estimate of drug-likeness (QED) is 0.143. The van der Waals surface area contributed by atoms with Crippen LogP contribution >= 0.6 is 23.5 Å². The van der Waals surface area contributed by atoms with Gasteiger partial charge >= 0.3 is 0 Å². The molecule has 2 saturated carbocycles. The molecule has 56 heavy (non-hydrogen) atoms. The predicted octanol–water partition coefficient (Wildman–Crippen LogP) is 8.24. The molecule has 332 valence electrons. The second kappa shape index (κ2) is 44.4.